The number of hydrogen-bond donors (Lipinski definition) is 2. The summed E-state index contributed by atoms with van der Waals surface area (Å²) < 4.78 is 24.5. The molecule has 7 heteroatoms. The first kappa shape index (κ1) is 12.9. The molecule has 0 aliphatic rings. The van der Waals surface area contributed by atoms with Gasteiger partial charge in [0.1, 0.15) is 6.04 Å². The Kier molecular flexibility index (Phi) is 4.53. The van der Waals surface area contributed by atoms with Gasteiger partial charge in [0.25, 0.3) is 0 Å². The van der Waals surface area contributed by atoms with E-state index in [0.29, 0.717) is 0 Å². The normalized spacial score (nSPS) is 15.5. The smallest absolute Gasteiger partial charge is 0.321 e. The molecule has 0 fully saturated rings. The molecule has 2 atom stereocenters. The highest BCUT2D eigenvalue weighted by atomic mass is 32.2. The Morgan fingerprint density at radius 2 is 2.14 bits per heavy atom. The fourth-order valence-electron chi connectivity index (χ4n) is 0.759. The Morgan fingerprint density at radius 3 is 2.43 bits per heavy atom. The molecular weight excluding hydrogens is 208 g/mol. The van der Waals surface area contributed by atoms with Gasteiger partial charge in [0, 0.05) is 0 Å². The van der Waals surface area contributed by atoms with Gasteiger partial charge in [-0.25, -0.2) is 13.1 Å². The maximum Gasteiger partial charge on any atom is 0.321 e. The molecule has 14 heavy (non-hydrogen) atoms. The number of aliphatic carboxylic acids is 1. The minimum atomic E-state index is -3.86. The summed E-state index contributed by atoms with van der Waals surface area (Å²) in [6.07, 6.45) is 0.123. The topological polar surface area (TPSA) is 107 Å². The summed E-state index contributed by atoms with van der Waals surface area (Å²) >= 11 is 0. The van der Waals surface area contributed by atoms with Gasteiger partial charge < -0.3 is 5.11 Å². The maximum absolute atomic E-state index is 11.3. The fraction of sp³-hybridized carbons (Fsp3) is 0.714. The highest BCUT2D eigenvalue weighted by molar-refractivity contribution is 7.90. The average Bonchev–Trinajstić information content (AvgIpc) is 2.04. The SMILES string of the molecule is CCC(C#N)S(=O)(=O)N[C@@H](C)C(=O)O. The third-order valence-electron chi connectivity index (χ3n) is 1.60. The van der Waals surface area contributed by atoms with Crippen molar-refractivity contribution in [3.05, 3.63) is 0 Å². The number of carboxylic acid groups (broad SMARTS) is 1. The van der Waals surface area contributed by atoms with Crippen molar-refractivity contribution in [2.75, 3.05) is 0 Å². The lowest BCUT2D eigenvalue weighted by Crippen LogP contribution is -2.42. The van der Waals surface area contributed by atoms with Crippen molar-refractivity contribution in [1.29, 1.82) is 5.26 Å². The zero-order valence-corrected chi connectivity index (χ0v) is 8.71. The van der Waals surface area contributed by atoms with Crippen LogP contribution in [-0.2, 0) is 14.8 Å². The van der Waals surface area contributed by atoms with Crippen molar-refractivity contribution in [1.82, 2.24) is 4.72 Å². The molecule has 0 aromatic carbocycles. The molecule has 80 valence electrons. The Bertz CT molecular complexity index is 343. The van der Waals surface area contributed by atoms with Crippen LogP contribution in [0, 0.1) is 11.3 Å². The second kappa shape index (κ2) is 4.93. The highest BCUT2D eigenvalue weighted by Gasteiger charge is 2.27. The zero-order chi connectivity index (χ0) is 11.4. The predicted octanol–water partition coefficient (Wildman–Crippen LogP) is -0.319. The van der Waals surface area contributed by atoms with Gasteiger partial charge in [-0.05, 0) is 13.3 Å². The molecule has 0 amide bonds. The van der Waals surface area contributed by atoms with Gasteiger partial charge >= 0.3 is 5.97 Å². The van der Waals surface area contributed by atoms with E-state index in [1.54, 1.807) is 13.0 Å². The number of rotatable bonds is 5. The summed E-state index contributed by atoms with van der Waals surface area (Å²) in [4.78, 5) is 10.4. The van der Waals surface area contributed by atoms with Gasteiger partial charge in [-0.2, -0.15) is 5.26 Å². The summed E-state index contributed by atoms with van der Waals surface area (Å²) in [6.45, 7) is 2.74. The molecule has 0 bridgehead atoms. The summed E-state index contributed by atoms with van der Waals surface area (Å²) in [6, 6.07) is 0.373. The number of nitrogens with one attached hydrogen (secondary N) is 1. The standard InChI is InChI=1S/C7H12N2O4S/c1-3-6(4-8)14(12,13)9-5(2)7(10)11/h5-6,9H,3H2,1-2H3,(H,10,11)/t5-,6?/m0/s1. The van der Waals surface area contributed by atoms with Crippen LogP contribution in [0.25, 0.3) is 0 Å². The third kappa shape index (κ3) is 3.32. The second-order valence-electron chi connectivity index (χ2n) is 2.75. The van der Waals surface area contributed by atoms with Gasteiger partial charge in [-0.1, -0.05) is 6.92 Å². The molecule has 0 aliphatic heterocycles. The van der Waals surface area contributed by atoms with E-state index in [1.807, 2.05) is 4.72 Å². The van der Waals surface area contributed by atoms with E-state index >= 15 is 0 Å². The van der Waals surface area contributed by atoms with Gasteiger partial charge in [-0.3, -0.25) is 4.79 Å². The number of carboxylic acids is 1. The van der Waals surface area contributed by atoms with Crippen LogP contribution in [0.1, 0.15) is 20.3 Å². The quantitative estimate of drug-likeness (QED) is 0.660. The summed E-state index contributed by atoms with van der Waals surface area (Å²) in [5, 5.41) is 15.8. The van der Waals surface area contributed by atoms with Crippen molar-refractivity contribution in [3.63, 3.8) is 0 Å². The van der Waals surface area contributed by atoms with E-state index in [-0.39, 0.29) is 6.42 Å². The zero-order valence-electron chi connectivity index (χ0n) is 7.89. The van der Waals surface area contributed by atoms with E-state index in [2.05, 4.69) is 0 Å². The van der Waals surface area contributed by atoms with Crippen molar-refractivity contribution >= 4 is 16.0 Å². The largest absolute Gasteiger partial charge is 0.480 e. The van der Waals surface area contributed by atoms with Gasteiger partial charge in [-0.15, -0.1) is 0 Å². The van der Waals surface area contributed by atoms with E-state index in [0.717, 1.165) is 0 Å². The first-order valence-corrected chi connectivity index (χ1v) is 5.53. The lowest BCUT2D eigenvalue weighted by molar-refractivity contribution is -0.138. The summed E-state index contributed by atoms with van der Waals surface area (Å²) in [7, 11) is -3.86. The van der Waals surface area contributed by atoms with Crippen LogP contribution in [0.2, 0.25) is 0 Å². The van der Waals surface area contributed by atoms with Gasteiger partial charge in [0.05, 0.1) is 6.07 Å². The first-order chi connectivity index (χ1) is 6.35. The van der Waals surface area contributed by atoms with Gasteiger partial charge in [0.2, 0.25) is 10.0 Å². The minimum absolute atomic E-state index is 0.123. The Balaban J connectivity index is 4.67. The van der Waals surface area contributed by atoms with Crippen molar-refractivity contribution in [2.24, 2.45) is 0 Å². The molecule has 0 aliphatic carbocycles. The number of hydrogen-bond acceptors (Lipinski definition) is 4. The highest BCUT2D eigenvalue weighted by Crippen LogP contribution is 2.03. The lowest BCUT2D eigenvalue weighted by Gasteiger charge is -2.12. The lowest BCUT2D eigenvalue weighted by atomic mass is 10.4. The monoisotopic (exact) mass is 220 g/mol. The molecule has 0 spiro atoms. The van der Waals surface area contributed by atoms with Crippen molar-refractivity contribution in [3.8, 4) is 6.07 Å². The Hall–Kier alpha value is -1.13. The molecular formula is C7H12N2O4S. The number of nitriles is 1. The van der Waals surface area contributed by atoms with Crippen molar-refractivity contribution < 1.29 is 18.3 Å². The molecule has 0 aromatic rings. The molecule has 0 aromatic heterocycles. The molecule has 1 unspecified atom stereocenters. The minimum Gasteiger partial charge on any atom is -0.480 e. The van der Waals surface area contributed by atoms with Gasteiger partial charge in [0.15, 0.2) is 5.25 Å². The maximum atomic E-state index is 11.3. The molecule has 0 heterocycles. The van der Waals surface area contributed by atoms with Crippen LogP contribution < -0.4 is 4.72 Å². The third-order valence-corrected chi connectivity index (χ3v) is 3.47. The molecule has 0 rings (SSSR count). The molecule has 0 saturated carbocycles. The number of nitrogens with zero attached hydrogens (tertiary/aromatic N) is 1. The summed E-state index contributed by atoms with van der Waals surface area (Å²) in [5.41, 5.74) is 0. The number of carbonyl (C=O) groups is 1. The Morgan fingerprint density at radius 1 is 1.64 bits per heavy atom. The van der Waals surface area contributed by atoms with E-state index in [4.69, 9.17) is 10.4 Å². The van der Waals surface area contributed by atoms with Crippen LogP contribution >= 0.6 is 0 Å². The van der Waals surface area contributed by atoms with Crippen LogP contribution in [0.15, 0.2) is 0 Å². The van der Waals surface area contributed by atoms with E-state index in [9.17, 15) is 13.2 Å². The summed E-state index contributed by atoms with van der Waals surface area (Å²) in [5.74, 6) is -1.28. The molecule has 2 N–H and O–H groups in total. The van der Waals surface area contributed by atoms with Crippen LogP contribution in [0.4, 0.5) is 0 Å². The molecule has 0 saturated heterocycles. The van der Waals surface area contributed by atoms with Crippen LogP contribution in [0.5, 0.6) is 0 Å². The molecule has 6 nitrogen and oxygen atoms in total. The average molecular weight is 220 g/mol. The number of sulfonamides is 1. The van der Waals surface area contributed by atoms with E-state index < -0.39 is 27.3 Å². The second-order valence-corrected chi connectivity index (χ2v) is 4.64. The van der Waals surface area contributed by atoms with Crippen LogP contribution in [-0.4, -0.2) is 30.8 Å². The van der Waals surface area contributed by atoms with Crippen molar-refractivity contribution in [2.45, 2.75) is 31.6 Å². The van der Waals surface area contributed by atoms with Crippen LogP contribution in [0.3, 0.4) is 0 Å². The first-order valence-electron chi connectivity index (χ1n) is 3.98. The fourth-order valence-corrected chi connectivity index (χ4v) is 2.09. The molecule has 0 radical (unpaired) electrons. The Labute approximate surface area is 82.6 Å². The van der Waals surface area contributed by atoms with E-state index in [1.165, 1.54) is 6.92 Å². The predicted molar refractivity (Wildman–Crippen MR) is 48.8 cm³/mol.